The number of hydrogen-bond acceptors (Lipinski definition) is 11. The lowest BCUT2D eigenvalue weighted by atomic mass is 9.66. The van der Waals surface area contributed by atoms with Gasteiger partial charge >= 0.3 is 0 Å². The number of aryl methyl sites for hydroxylation is 1. The van der Waals surface area contributed by atoms with Crippen molar-refractivity contribution < 1.29 is 35.0 Å². The predicted molar refractivity (Wildman–Crippen MR) is 276 cm³/mol. The van der Waals surface area contributed by atoms with Crippen LogP contribution in [0.25, 0.3) is 22.9 Å². The molecule has 11 heteroatoms. The van der Waals surface area contributed by atoms with Gasteiger partial charge in [-0.3, -0.25) is 4.99 Å². The van der Waals surface area contributed by atoms with E-state index in [0.29, 0.717) is 54.3 Å². The third-order valence-corrected chi connectivity index (χ3v) is 17.2. The molecule has 3 saturated carbocycles. The Morgan fingerprint density at radius 3 is 2.73 bits per heavy atom. The van der Waals surface area contributed by atoms with Crippen molar-refractivity contribution in [3.05, 3.63) is 111 Å². The van der Waals surface area contributed by atoms with Crippen molar-refractivity contribution in [3.63, 3.8) is 0 Å². The monoisotopic (exact) mass is 953 g/mol. The number of aromatic hydroxyl groups is 1. The van der Waals surface area contributed by atoms with Crippen LogP contribution in [-0.2, 0) is 11.2 Å². The molecule has 9 atom stereocenters. The lowest BCUT2D eigenvalue weighted by molar-refractivity contribution is 0.113. The molecule has 1 spiro atoms. The van der Waals surface area contributed by atoms with Gasteiger partial charge in [0.1, 0.15) is 12.2 Å². The molecule has 374 valence electrons. The molecule has 3 heterocycles. The molecule has 7 aliphatic rings. The second-order valence-electron chi connectivity index (χ2n) is 21.9. The Kier molecular flexibility index (Phi) is 15.1. The van der Waals surface area contributed by atoms with E-state index >= 15 is 0 Å². The molecule has 0 radical (unpaired) electrons. The Hall–Kier alpha value is -4.62. The molecule has 0 aromatic heterocycles. The average Bonchev–Trinajstić information content (AvgIpc) is 4.22. The summed E-state index contributed by atoms with van der Waals surface area (Å²) in [4.78, 5) is 9.72. The molecular formula is C59H76N4O7. The second-order valence-corrected chi connectivity index (χ2v) is 21.9. The van der Waals surface area contributed by atoms with Crippen LogP contribution >= 0.6 is 0 Å². The van der Waals surface area contributed by atoms with Crippen molar-refractivity contribution in [2.45, 2.75) is 147 Å². The maximum absolute atomic E-state index is 11.5. The van der Waals surface area contributed by atoms with Crippen LogP contribution in [0.4, 0.5) is 0 Å². The van der Waals surface area contributed by atoms with Crippen molar-refractivity contribution in [2.24, 2.45) is 44.8 Å². The number of hydrogen-bond donors (Lipinski definition) is 7. The van der Waals surface area contributed by atoms with Gasteiger partial charge in [0.15, 0.2) is 29.4 Å². The first-order valence-corrected chi connectivity index (χ1v) is 26.8. The summed E-state index contributed by atoms with van der Waals surface area (Å²) >= 11 is 0. The van der Waals surface area contributed by atoms with E-state index in [0.717, 1.165) is 115 Å². The maximum Gasteiger partial charge on any atom is 0.190 e. The summed E-state index contributed by atoms with van der Waals surface area (Å²) in [5.41, 5.74) is 12.4. The van der Waals surface area contributed by atoms with E-state index in [-0.39, 0.29) is 37.0 Å². The molecule has 11 nitrogen and oxygen atoms in total. The third kappa shape index (κ3) is 10.5. The number of aliphatic imine (C=N–C) groups is 1. The van der Waals surface area contributed by atoms with Crippen LogP contribution < -0.4 is 26.4 Å². The first kappa shape index (κ1) is 49.0. The lowest BCUT2D eigenvalue weighted by Gasteiger charge is -2.37. The van der Waals surface area contributed by atoms with Gasteiger partial charge in [-0.05, 0) is 132 Å². The molecular weight excluding hydrogens is 877 g/mol. The number of phenolic OH excluding ortho intramolecular Hbond substituents is 1. The molecule has 3 fully saturated rings. The van der Waals surface area contributed by atoms with Gasteiger partial charge in [0.2, 0.25) is 0 Å². The third-order valence-electron chi connectivity index (χ3n) is 17.2. The van der Waals surface area contributed by atoms with E-state index in [1.54, 1.807) is 6.07 Å². The molecule has 8 N–H and O–H groups in total. The fourth-order valence-corrected chi connectivity index (χ4v) is 13.6. The van der Waals surface area contributed by atoms with Crippen LogP contribution in [0.2, 0.25) is 0 Å². The fraction of sp³-hybridized carbons (Fsp3) is 0.559. The minimum Gasteiger partial charge on any atom is -0.592 e. The Labute approximate surface area is 414 Å². The number of nitrogens with zero attached hydrogens (tertiary/aromatic N) is 2. The number of ether oxygens (including phenoxy) is 2. The van der Waals surface area contributed by atoms with Crippen molar-refractivity contribution in [1.82, 2.24) is 5.32 Å². The molecule has 0 saturated heterocycles. The highest BCUT2D eigenvalue weighted by Crippen LogP contribution is 2.60. The van der Waals surface area contributed by atoms with E-state index < -0.39 is 18.3 Å². The molecule has 0 amide bonds. The van der Waals surface area contributed by atoms with Gasteiger partial charge in [0.05, 0.1) is 42.5 Å². The van der Waals surface area contributed by atoms with Gasteiger partial charge in [-0.15, -0.1) is 4.99 Å². The zero-order valence-corrected chi connectivity index (χ0v) is 41.2. The predicted octanol–water partition coefficient (Wildman–Crippen LogP) is 7.80. The van der Waals surface area contributed by atoms with Crippen LogP contribution in [0.15, 0.2) is 82.0 Å². The van der Waals surface area contributed by atoms with Crippen molar-refractivity contribution in [1.29, 1.82) is 0 Å². The first-order chi connectivity index (χ1) is 34.1. The Morgan fingerprint density at radius 1 is 1.03 bits per heavy atom. The number of unbranched alkanes of at least 4 members (excludes halogenated alkanes) is 3. The molecule has 9 unspecified atom stereocenters. The fourth-order valence-electron chi connectivity index (χ4n) is 13.6. The average molecular weight is 953 g/mol. The summed E-state index contributed by atoms with van der Waals surface area (Å²) in [6, 6.07) is 14.5. The van der Waals surface area contributed by atoms with Gasteiger partial charge in [-0.1, -0.05) is 93.6 Å². The second kappa shape index (κ2) is 21.6. The number of allylic oxidation sites excluding steroid dienone is 1. The van der Waals surface area contributed by atoms with Crippen LogP contribution in [0.1, 0.15) is 132 Å². The number of benzene rings is 3. The van der Waals surface area contributed by atoms with Crippen LogP contribution in [0.3, 0.4) is 0 Å². The highest BCUT2D eigenvalue weighted by Gasteiger charge is 2.57. The normalized spacial score (nSPS) is 26.3. The lowest BCUT2D eigenvalue weighted by Crippen LogP contribution is -2.37. The summed E-state index contributed by atoms with van der Waals surface area (Å²) in [6.45, 7) is 3.84. The largest absolute Gasteiger partial charge is 0.592 e. The molecule has 10 rings (SSSR count). The van der Waals surface area contributed by atoms with Gasteiger partial charge < -0.3 is 46.1 Å². The summed E-state index contributed by atoms with van der Waals surface area (Å²) in [5, 5.41) is 62.1. The van der Waals surface area contributed by atoms with Crippen LogP contribution in [0.5, 0.6) is 11.5 Å². The van der Waals surface area contributed by atoms with Crippen molar-refractivity contribution >= 4 is 28.6 Å². The van der Waals surface area contributed by atoms with Crippen LogP contribution in [0, 0.1) is 41.0 Å². The van der Waals surface area contributed by atoms with E-state index in [4.69, 9.17) is 20.2 Å². The number of rotatable bonds is 21. The Bertz CT molecular complexity index is 2600. The van der Waals surface area contributed by atoms with E-state index in [1.807, 2.05) is 25.1 Å². The zero-order valence-electron chi connectivity index (χ0n) is 41.2. The van der Waals surface area contributed by atoms with E-state index in [2.05, 4.69) is 58.9 Å². The number of fused-ring (bicyclic) bond motifs is 7. The standard InChI is InChI=1S/C59H76N4O7/c1-36(65)32-61-33-49-45-10-8-11-50(45)59(22-6-7-23-59)31-53-48(49)30-52(63-53)55(67)35-69-57-25-37(14-20-54(57)66)13-17-43-27-41(34-64)56(70-43)12-5-3-2-4-9-42(60)26-40-16-18-44-46(58(40)68)19-15-38-29-51-39(21-24-62-51)28-47(38)44/h14-16,18-21,25,27-30,36,40,42,45,49-50,55-56,58,61,64-68H,2-13,17,22-24,26,31-35,60H2,1H3. The molecule has 3 aromatic carbocycles. The SMILES string of the molecule is CC(O)CNCC1C2=C[C+](C(O)COc3cc(CCC4=C[C-](CO)C(CCCCCCC(N)CC5C=Cc6c(ccc7cc8c(cc67)=CCN=8)C5O)O4)ccc3O)N=C2CC2(CCCC2)C2CCCC12. The van der Waals surface area contributed by atoms with Crippen molar-refractivity contribution in [3.8, 4) is 11.5 Å². The molecule has 3 aromatic rings. The summed E-state index contributed by atoms with van der Waals surface area (Å²) in [5.74, 6) is 3.68. The first-order valence-electron chi connectivity index (χ1n) is 26.8. The quantitative estimate of drug-likeness (QED) is 0.0414. The highest BCUT2D eigenvalue weighted by atomic mass is 16.5. The molecule has 0 bridgehead atoms. The summed E-state index contributed by atoms with van der Waals surface area (Å²) < 4.78 is 12.5. The minimum absolute atomic E-state index is 0.00728. The highest BCUT2D eigenvalue weighted by molar-refractivity contribution is 6.04. The van der Waals surface area contributed by atoms with Gasteiger partial charge in [0.25, 0.3) is 0 Å². The van der Waals surface area contributed by atoms with Gasteiger partial charge in [-0.25, -0.2) is 0 Å². The van der Waals surface area contributed by atoms with Gasteiger partial charge in [-0.2, -0.15) is 12.0 Å². The van der Waals surface area contributed by atoms with E-state index in [1.165, 1.54) is 55.7 Å². The van der Waals surface area contributed by atoms with Gasteiger partial charge in [0, 0.05) is 37.8 Å². The summed E-state index contributed by atoms with van der Waals surface area (Å²) in [6.07, 6.45) is 26.3. The van der Waals surface area contributed by atoms with Crippen molar-refractivity contribution in [2.75, 3.05) is 32.8 Å². The maximum atomic E-state index is 11.5. The molecule has 4 aliphatic carbocycles. The number of nitrogens with one attached hydrogen (secondary N) is 1. The Balaban J connectivity index is 0.660. The zero-order chi connectivity index (χ0) is 48.4. The molecule has 3 aliphatic heterocycles. The number of aliphatic hydroxyl groups is 4. The number of phenols is 1. The van der Waals surface area contributed by atoms with Crippen LogP contribution in [-0.4, -0.2) is 88.4 Å². The molecule has 70 heavy (non-hydrogen) atoms. The number of nitrogens with two attached hydrogens (primary N) is 1. The topological polar surface area (TPSA) is 182 Å². The summed E-state index contributed by atoms with van der Waals surface area (Å²) in [7, 11) is 0. The Morgan fingerprint density at radius 2 is 1.89 bits per heavy atom. The smallest absolute Gasteiger partial charge is 0.190 e. The number of aliphatic hydroxyl groups excluding tert-OH is 4. The minimum atomic E-state index is -0.948. The van der Waals surface area contributed by atoms with E-state index in [9.17, 15) is 25.5 Å².